The van der Waals surface area contributed by atoms with Crippen molar-refractivity contribution in [2.24, 2.45) is 0 Å². The maximum absolute atomic E-state index is 12.8. The Balaban J connectivity index is 1.41. The van der Waals surface area contributed by atoms with Gasteiger partial charge in [0.2, 0.25) is 0 Å². The van der Waals surface area contributed by atoms with Crippen molar-refractivity contribution >= 4 is 0 Å². The molecule has 8 heteroatoms. The lowest BCUT2D eigenvalue weighted by molar-refractivity contribution is -0.137. The minimum Gasteiger partial charge on any atom is -0.488 e. The number of aliphatic hydroxyl groups is 2. The molecular weight excluding hydrogens is 435 g/mol. The molecule has 2 heterocycles. The van der Waals surface area contributed by atoms with Crippen LogP contribution in [0.15, 0.2) is 59.0 Å². The van der Waals surface area contributed by atoms with Crippen molar-refractivity contribution in [3.05, 3.63) is 77.0 Å². The minimum absolute atomic E-state index is 0.181. The van der Waals surface area contributed by atoms with Crippen molar-refractivity contribution in [3.8, 4) is 17.1 Å². The Morgan fingerprint density at radius 1 is 1.09 bits per heavy atom. The van der Waals surface area contributed by atoms with E-state index in [-0.39, 0.29) is 12.5 Å². The normalized spacial score (nSPS) is 17.1. The number of rotatable bonds is 6. The Hall–Kier alpha value is -2.81. The number of furan rings is 1. The van der Waals surface area contributed by atoms with Crippen LogP contribution in [0.4, 0.5) is 13.2 Å². The van der Waals surface area contributed by atoms with Crippen molar-refractivity contribution < 1.29 is 32.5 Å². The van der Waals surface area contributed by atoms with Gasteiger partial charge in [-0.1, -0.05) is 25.1 Å². The predicted molar refractivity (Wildman–Crippen MR) is 117 cm³/mol. The minimum atomic E-state index is -4.36. The van der Waals surface area contributed by atoms with Gasteiger partial charge in [-0.2, -0.15) is 13.2 Å². The van der Waals surface area contributed by atoms with E-state index in [1.807, 2.05) is 24.3 Å². The van der Waals surface area contributed by atoms with Gasteiger partial charge in [-0.15, -0.1) is 0 Å². The van der Waals surface area contributed by atoms with Gasteiger partial charge < -0.3 is 19.4 Å². The molecule has 0 bridgehead atoms. The van der Waals surface area contributed by atoms with Crippen LogP contribution in [0.5, 0.6) is 5.75 Å². The van der Waals surface area contributed by atoms with Crippen molar-refractivity contribution in [2.45, 2.75) is 38.3 Å². The summed E-state index contributed by atoms with van der Waals surface area (Å²) < 4.78 is 49.7. The SMILES string of the molecule is CC1CN(Cc2ccc(-c3ccc(C(F)(F)F)cc3)o2)CCc2ccc(OCC(O)O)cc21. The van der Waals surface area contributed by atoms with E-state index in [2.05, 4.69) is 11.8 Å². The van der Waals surface area contributed by atoms with Crippen LogP contribution >= 0.6 is 0 Å². The maximum Gasteiger partial charge on any atom is 0.416 e. The molecule has 3 aromatic rings. The quantitative estimate of drug-likeness (QED) is 0.516. The molecular formula is C25H26F3NO4. The van der Waals surface area contributed by atoms with Gasteiger partial charge in [-0.3, -0.25) is 4.90 Å². The smallest absolute Gasteiger partial charge is 0.416 e. The third-order valence-corrected chi connectivity index (χ3v) is 5.81. The van der Waals surface area contributed by atoms with E-state index >= 15 is 0 Å². The number of benzene rings is 2. The van der Waals surface area contributed by atoms with E-state index in [9.17, 15) is 13.2 Å². The monoisotopic (exact) mass is 461 g/mol. The van der Waals surface area contributed by atoms with Crippen LogP contribution in [0.3, 0.4) is 0 Å². The zero-order valence-corrected chi connectivity index (χ0v) is 18.2. The van der Waals surface area contributed by atoms with Crippen molar-refractivity contribution in [1.29, 1.82) is 0 Å². The standard InChI is InChI=1S/C25H26F3NO4/c1-16-13-29(11-10-17-4-7-20(12-22(16)17)32-15-24(30)31)14-21-8-9-23(33-21)18-2-5-19(6-3-18)25(26,27)28/h2-9,12,16,24,30-31H,10-11,13-15H2,1H3. The first-order chi connectivity index (χ1) is 15.7. The molecule has 0 fully saturated rings. The molecule has 0 amide bonds. The summed E-state index contributed by atoms with van der Waals surface area (Å²) in [6.07, 6.45) is -5.02. The molecule has 33 heavy (non-hydrogen) atoms. The lowest BCUT2D eigenvalue weighted by Crippen LogP contribution is -2.27. The fourth-order valence-corrected chi connectivity index (χ4v) is 4.18. The van der Waals surface area contributed by atoms with E-state index in [0.29, 0.717) is 23.6 Å². The van der Waals surface area contributed by atoms with Gasteiger partial charge in [0, 0.05) is 18.7 Å². The first-order valence-corrected chi connectivity index (χ1v) is 10.8. The Morgan fingerprint density at radius 3 is 2.55 bits per heavy atom. The van der Waals surface area contributed by atoms with Crippen LogP contribution in [0.2, 0.25) is 0 Å². The molecule has 1 unspecified atom stereocenters. The summed E-state index contributed by atoms with van der Waals surface area (Å²) in [4.78, 5) is 2.29. The van der Waals surface area contributed by atoms with E-state index < -0.39 is 18.0 Å². The van der Waals surface area contributed by atoms with Gasteiger partial charge in [0.25, 0.3) is 0 Å². The fourth-order valence-electron chi connectivity index (χ4n) is 4.18. The Bertz CT molecular complexity index is 1080. The number of hydrogen-bond acceptors (Lipinski definition) is 5. The lowest BCUT2D eigenvalue weighted by Gasteiger charge is -2.21. The molecule has 1 aliphatic heterocycles. The molecule has 0 spiro atoms. The molecule has 2 N–H and O–H groups in total. The van der Waals surface area contributed by atoms with Crippen LogP contribution in [0.1, 0.15) is 35.3 Å². The Labute approximate surface area is 190 Å². The summed E-state index contributed by atoms with van der Waals surface area (Å²) in [6, 6.07) is 14.4. The zero-order chi connectivity index (χ0) is 23.6. The highest BCUT2D eigenvalue weighted by Gasteiger charge is 2.30. The molecule has 1 aliphatic rings. The number of alkyl halides is 3. The molecule has 1 atom stereocenters. The summed E-state index contributed by atoms with van der Waals surface area (Å²) in [5.41, 5.74) is 2.32. The molecule has 2 aromatic carbocycles. The maximum atomic E-state index is 12.8. The Morgan fingerprint density at radius 2 is 1.85 bits per heavy atom. The van der Waals surface area contributed by atoms with Gasteiger partial charge in [0.05, 0.1) is 12.1 Å². The van der Waals surface area contributed by atoms with Gasteiger partial charge in [-0.05, 0) is 59.9 Å². The third kappa shape index (κ3) is 5.76. The summed E-state index contributed by atoms with van der Waals surface area (Å²) in [5.74, 6) is 2.13. The number of ether oxygens (including phenoxy) is 1. The number of aliphatic hydroxyl groups excluding tert-OH is 1. The predicted octanol–water partition coefficient (Wildman–Crippen LogP) is 4.82. The van der Waals surface area contributed by atoms with Crippen LogP contribution in [0, 0.1) is 0 Å². The van der Waals surface area contributed by atoms with Gasteiger partial charge in [0.1, 0.15) is 23.9 Å². The lowest BCUT2D eigenvalue weighted by atomic mass is 9.95. The highest BCUT2D eigenvalue weighted by Crippen LogP contribution is 2.32. The van der Waals surface area contributed by atoms with Gasteiger partial charge in [-0.25, -0.2) is 0 Å². The summed E-state index contributed by atoms with van der Waals surface area (Å²) in [7, 11) is 0. The fraction of sp³-hybridized carbons (Fsp3) is 0.360. The number of halogens is 3. The molecule has 176 valence electrons. The second kappa shape index (κ2) is 9.59. The molecule has 0 saturated carbocycles. The Kier molecular flexibility index (Phi) is 6.78. The van der Waals surface area contributed by atoms with E-state index in [0.717, 1.165) is 37.4 Å². The highest BCUT2D eigenvalue weighted by atomic mass is 19.4. The molecule has 5 nitrogen and oxygen atoms in total. The van der Waals surface area contributed by atoms with Gasteiger partial charge >= 0.3 is 6.18 Å². The molecule has 0 radical (unpaired) electrons. The molecule has 1 aromatic heterocycles. The summed E-state index contributed by atoms with van der Waals surface area (Å²) in [6.45, 7) is 4.19. The van der Waals surface area contributed by atoms with Crippen LogP contribution in [0.25, 0.3) is 11.3 Å². The summed E-state index contributed by atoms with van der Waals surface area (Å²) in [5, 5.41) is 18.0. The molecule has 4 rings (SSSR count). The van der Waals surface area contributed by atoms with Crippen molar-refractivity contribution in [2.75, 3.05) is 19.7 Å². The average Bonchev–Trinajstić information content (AvgIpc) is 3.18. The first kappa shape index (κ1) is 23.4. The van der Waals surface area contributed by atoms with Crippen LogP contribution in [-0.2, 0) is 19.1 Å². The van der Waals surface area contributed by atoms with Crippen LogP contribution in [-0.4, -0.2) is 41.1 Å². The topological polar surface area (TPSA) is 66.1 Å². The van der Waals surface area contributed by atoms with Crippen molar-refractivity contribution in [3.63, 3.8) is 0 Å². The van der Waals surface area contributed by atoms with E-state index in [1.165, 1.54) is 23.3 Å². The number of hydrogen-bond donors (Lipinski definition) is 2. The van der Waals surface area contributed by atoms with E-state index in [4.69, 9.17) is 19.4 Å². The van der Waals surface area contributed by atoms with Crippen LogP contribution < -0.4 is 4.74 Å². The van der Waals surface area contributed by atoms with E-state index in [1.54, 1.807) is 6.07 Å². The summed E-state index contributed by atoms with van der Waals surface area (Å²) >= 11 is 0. The molecule has 0 aliphatic carbocycles. The third-order valence-electron chi connectivity index (χ3n) is 5.81. The average molecular weight is 461 g/mol. The molecule has 0 saturated heterocycles. The second-order valence-electron chi connectivity index (χ2n) is 8.38. The number of nitrogens with zero attached hydrogens (tertiary/aromatic N) is 1. The highest BCUT2D eigenvalue weighted by molar-refractivity contribution is 5.58. The largest absolute Gasteiger partial charge is 0.488 e. The number of fused-ring (bicyclic) bond motifs is 1. The zero-order valence-electron chi connectivity index (χ0n) is 18.2. The van der Waals surface area contributed by atoms with Gasteiger partial charge in [0.15, 0.2) is 6.29 Å². The first-order valence-electron chi connectivity index (χ1n) is 10.8. The second-order valence-corrected chi connectivity index (χ2v) is 8.38. The van der Waals surface area contributed by atoms with Crippen molar-refractivity contribution in [1.82, 2.24) is 4.90 Å².